The molecule has 0 aromatic carbocycles. The number of nitrogens with zero attached hydrogens (tertiary/aromatic N) is 6. The van der Waals surface area contributed by atoms with Gasteiger partial charge < -0.3 is 4.90 Å². The Hall–Kier alpha value is -1.55. The highest BCUT2D eigenvalue weighted by molar-refractivity contribution is 7.88. The van der Waals surface area contributed by atoms with E-state index in [9.17, 15) is 13.2 Å². The Kier molecular flexibility index (Phi) is 4.10. The quantitative estimate of drug-likeness (QED) is 0.645. The molecule has 2 heterocycles. The van der Waals surface area contributed by atoms with Crippen molar-refractivity contribution in [3.05, 3.63) is 6.33 Å². The molecule has 0 unspecified atom stereocenters. The number of carbonyl (C=O) groups excluding carboxylic acids is 1. The summed E-state index contributed by atoms with van der Waals surface area (Å²) in [7, 11) is -3.16. The van der Waals surface area contributed by atoms with Gasteiger partial charge in [0, 0.05) is 32.6 Å². The van der Waals surface area contributed by atoms with E-state index in [2.05, 4.69) is 15.5 Å². The topological polar surface area (TPSA) is 101 Å². The Morgan fingerprint density at radius 3 is 2.47 bits per heavy atom. The molecular weight excluding hydrogens is 272 g/mol. The zero-order chi connectivity index (χ0) is 13.9. The van der Waals surface area contributed by atoms with Crippen molar-refractivity contribution >= 4 is 15.9 Å². The van der Waals surface area contributed by atoms with E-state index < -0.39 is 10.0 Å². The molecule has 0 radical (unpaired) electrons. The first-order chi connectivity index (χ1) is 8.97. The van der Waals surface area contributed by atoms with Crippen LogP contribution in [0.25, 0.3) is 0 Å². The molecule has 106 valence electrons. The minimum absolute atomic E-state index is 0.0105. The van der Waals surface area contributed by atoms with Crippen molar-refractivity contribution in [3.63, 3.8) is 0 Å². The van der Waals surface area contributed by atoms with Gasteiger partial charge in [0.15, 0.2) is 0 Å². The van der Waals surface area contributed by atoms with Gasteiger partial charge in [-0.1, -0.05) is 0 Å². The molecule has 1 saturated heterocycles. The van der Waals surface area contributed by atoms with Crippen LogP contribution in [0.5, 0.6) is 0 Å². The number of sulfonamides is 1. The molecule has 1 aromatic rings. The van der Waals surface area contributed by atoms with Gasteiger partial charge in [-0.3, -0.25) is 4.79 Å². The average molecular weight is 288 g/mol. The number of carbonyl (C=O) groups is 1. The molecule has 1 amide bonds. The second-order valence-corrected chi connectivity index (χ2v) is 6.35. The van der Waals surface area contributed by atoms with Gasteiger partial charge in [0.05, 0.1) is 12.8 Å². The summed E-state index contributed by atoms with van der Waals surface area (Å²) in [5.74, 6) is -0.0105. The Morgan fingerprint density at radius 2 is 1.95 bits per heavy atom. The van der Waals surface area contributed by atoms with Crippen molar-refractivity contribution in [2.24, 2.45) is 0 Å². The number of amides is 1. The number of tetrazole rings is 1. The molecule has 2 rings (SSSR count). The summed E-state index contributed by atoms with van der Waals surface area (Å²) in [4.78, 5) is 13.6. The molecule has 10 heteroatoms. The fourth-order valence-corrected chi connectivity index (χ4v) is 2.75. The molecule has 19 heavy (non-hydrogen) atoms. The Bertz CT molecular complexity index is 520. The standard InChI is InChI=1S/C9H16N6O3S/c1-19(17,18)15-6-4-13(5-7-15)9(16)2-3-14-8-10-11-12-14/h8H,2-7H2,1H3. The van der Waals surface area contributed by atoms with Crippen molar-refractivity contribution < 1.29 is 13.2 Å². The van der Waals surface area contributed by atoms with Gasteiger partial charge in [-0.15, -0.1) is 5.10 Å². The van der Waals surface area contributed by atoms with Crippen LogP contribution in [-0.2, 0) is 21.4 Å². The van der Waals surface area contributed by atoms with Crippen molar-refractivity contribution in [1.82, 2.24) is 29.4 Å². The second-order valence-electron chi connectivity index (χ2n) is 4.37. The number of aryl methyl sites for hydroxylation is 1. The normalized spacial score (nSPS) is 17.6. The third-order valence-electron chi connectivity index (χ3n) is 3.01. The van der Waals surface area contributed by atoms with Crippen molar-refractivity contribution in [1.29, 1.82) is 0 Å². The molecule has 1 aliphatic heterocycles. The lowest BCUT2D eigenvalue weighted by molar-refractivity contribution is -0.132. The first-order valence-corrected chi connectivity index (χ1v) is 7.75. The Morgan fingerprint density at radius 1 is 1.26 bits per heavy atom. The predicted molar refractivity (Wildman–Crippen MR) is 65.4 cm³/mol. The lowest BCUT2D eigenvalue weighted by atomic mass is 10.3. The first-order valence-electron chi connectivity index (χ1n) is 5.90. The van der Waals surface area contributed by atoms with E-state index in [1.165, 1.54) is 21.6 Å². The minimum atomic E-state index is -3.16. The zero-order valence-corrected chi connectivity index (χ0v) is 11.5. The van der Waals surface area contributed by atoms with Gasteiger partial charge in [-0.25, -0.2) is 13.1 Å². The van der Waals surface area contributed by atoms with Gasteiger partial charge >= 0.3 is 0 Å². The molecule has 0 spiro atoms. The van der Waals surface area contributed by atoms with Gasteiger partial charge in [-0.05, 0) is 10.4 Å². The number of aromatic nitrogens is 4. The molecule has 0 bridgehead atoms. The maximum atomic E-state index is 11.9. The summed E-state index contributed by atoms with van der Waals surface area (Å²) < 4.78 is 25.6. The number of piperazine rings is 1. The Labute approximate surface area is 111 Å². The van der Waals surface area contributed by atoms with Crippen LogP contribution in [0.2, 0.25) is 0 Å². The summed E-state index contributed by atoms with van der Waals surface area (Å²) in [5, 5.41) is 10.6. The lowest BCUT2D eigenvalue weighted by Crippen LogP contribution is -2.50. The van der Waals surface area contributed by atoms with Gasteiger partial charge in [0.25, 0.3) is 0 Å². The molecule has 0 saturated carbocycles. The molecule has 9 nitrogen and oxygen atoms in total. The monoisotopic (exact) mass is 288 g/mol. The van der Waals surface area contributed by atoms with Gasteiger partial charge in [-0.2, -0.15) is 4.31 Å². The summed E-state index contributed by atoms with van der Waals surface area (Å²) in [6.45, 7) is 2.01. The molecule has 0 atom stereocenters. The van der Waals surface area contributed by atoms with Crippen molar-refractivity contribution in [2.45, 2.75) is 13.0 Å². The molecule has 1 fully saturated rings. The maximum Gasteiger partial charge on any atom is 0.224 e. The van der Waals surface area contributed by atoms with Crippen molar-refractivity contribution in [3.8, 4) is 0 Å². The van der Waals surface area contributed by atoms with E-state index >= 15 is 0 Å². The number of rotatable bonds is 4. The predicted octanol–water partition coefficient (Wildman–Crippen LogP) is -1.83. The molecule has 1 aliphatic rings. The third-order valence-corrected chi connectivity index (χ3v) is 4.31. The molecule has 0 aliphatic carbocycles. The van der Waals surface area contributed by atoms with Crippen molar-refractivity contribution in [2.75, 3.05) is 32.4 Å². The van der Waals surface area contributed by atoms with Crippen LogP contribution < -0.4 is 0 Å². The summed E-state index contributed by atoms with van der Waals surface area (Å²) >= 11 is 0. The van der Waals surface area contributed by atoms with Gasteiger partial charge in [0.1, 0.15) is 6.33 Å². The van der Waals surface area contributed by atoms with Crippen LogP contribution in [0.1, 0.15) is 6.42 Å². The summed E-state index contributed by atoms with van der Waals surface area (Å²) in [6, 6.07) is 0. The van der Waals surface area contributed by atoms with E-state index in [1.807, 2.05) is 0 Å². The van der Waals surface area contributed by atoms with E-state index in [4.69, 9.17) is 0 Å². The highest BCUT2D eigenvalue weighted by Gasteiger charge is 2.25. The van der Waals surface area contributed by atoms with E-state index in [0.29, 0.717) is 39.1 Å². The SMILES string of the molecule is CS(=O)(=O)N1CCN(C(=O)CCn2cnnn2)CC1. The maximum absolute atomic E-state index is 11.9. The highest BCUT2D eigenvalue weighted by Crippen LogP contribution is 2.07. The van der Waals surface area contributed by atoms with Gasteiger partial charge in [0.2, 0.25) is 15.9 Å². The summed E-state index contributed by atoms with van der Waals surface area (Å²) in [6.07, 6.45) is 2.95. The van der Waals surface area contributed by atoms with Crippen LogP contribution in [0.3, 0.4) is 0 Å². The van der Waals surface area contributed by atoms with Crippen LogP contribution in [0, 0.1) is 0 Å². The minimum Gasteiger partial charge on any atom is -0.340 e. The molecule has 1 aromatic heterocycles. The smallest absolute Gasteiger partial charge is 0.224 e. The first kappa shape index (κ1) is 13.9. The van der Waals surface area contributed by atoms with Crippen LogP contribution in [0.4, 0.5) is 0 Å². The van der Waals surface area contributed by atoms with E-state index in [-0.39, 0.29) is 5.91 Å². The lowest BCUT2D eigenvalue weighted by Gasteiger charge is -2.33. The average Bonchev–Trinajstić information content (AvgIpc) is 2.88. The molecular formula is C9H16N6O3S. The third kappa shape index (κ3) is 3.70. The fraction of sp³-hybridized carbons (Fsp3) is 0.778. The molecule has 0 N–H and O–H groups in total. The van der Waals surface area contributed by atoms with Crippen LogP contribution in [0.15, 0.2) is 6.33 Å². The number of hydrogen-bond donors (Lipinski definition) is 0. The highest BCUT2D eigenvalue weighted by atomic mass is 32.2. The number of hydrogen-bond acceptors (Lipinski definition) is 6. The largest absolute Gasteiger partial charge is 0.340 e. The second kappa shape index (κ2) is 5.61. The van der Waals surface area contributed by atoms with Crippen LogP contribution >= 0.6 is 0 Å². The Balaban J connectivity index is 1.79. The van der Waals surface area contributed by atoms with E-state index in [1.54, 1.807) is 4.90 Å². The fourth-order valence-electron chi connectivity index (χ4n) is 1.92. The summed E-state index contributed by atoms with van der Waals surface area (Å²) in [5.41, 5.74) is 0. The van der Waals surface area contributed by atoms with E-state index in [0.717, 1.165) is 0 Å². The zero-order valence-electron chi connectivity index (χ0n) is 10.6. The van der Waals surface area contributed by atoms with Crippen LogP contribution in [-0.4, -0.2) is 76.2 Å².